The molecule has 18 heavy (non-hydrogen) atoms. The Bertz CT molecular complexity index is 438. The first-order valence-electron chi connectivity index (χ1n) is 6.37. The summed E-state index contributed by atoms with van der Waals surface area (Å²) in [5, 5.41) is 4.17. The van der Waals surface area contributed by atoms with Gasteiger partial charge >= 0.3 is 0 Å². The van der Waals surface area contributed by atoms with E-state index < -0.39 is 0 Å². The van der Waals surface area contributed by atoms with Crippen LogP contribution in [0.3, 0.4) is 0 Å². The van der Waals surface area contributed by atoms with Crippen molar-refractivity contribution in [2.75, 3.05) is 18.5 Å². The van der Waals surface area contributed by atoms with Crippen LogP contribution in [0.1, 0.15) is 18.9 Å². The number of ether oxygens (including phenoxy) is 1. The Labute approximate surface area is 114 Å². The second-order valence-corrected chi connectivity index (χ2v) is 5.46. The van der Waals surface area contributed by atoms with Gasteiger partial charge in [-0.1, -0.05) is 25.1 Å². The van der Waals surface area contributed by atoms with Gasteiger partial charge in [0.15, 0.2) is 0 Å². The molecule has 1 aliphatic rings. The molecule has 0 aliphatic carbocycles. The topological polar surface area (TPSA) is 21.3 Å². The number of aryl methyl sites for hydroxylation is 1. The van der Waals surface area contributed by atoms with Crippen molar-refractivity contribution in [2.24, 2.45) is 11.8 Å². The second kappa shape index (κ2) is 5.77. The van der Waals surface area contributed by atoms with Gasteiger partial charge in [0.05, 0.1) is 6.61 Å². The van der Waals surface area contributed by atoms with E-state index in [4.69, 9.17) is 16.3 Å². The lowest BCUT2D eigenvalue weighted by Crippen LogP contribution is -2.18. The number of rotatable bonds is 4. The SMILES string of the molecule is C=C(Nc1ccc(Cl)cc1C)C(C)C1CCOC1. The van der Waals surface area contributed by atoms with Gasteiger partial charge in [0, 0.05) is 28.9 Å². The normalized spacial score (nSPS) is 20.7. The Morgan fingerprint density at radius 1 is 1.56 bits per heavy atom. The number of nitrogens with one attached hydrogen (secondary N) is 1. The lowest BCUT2D eigenvalue weighted by atomic mass is 9.91. The lowest BCUT2D eigenvalue weighted by Gasteiger charge is -2.22. The zero-order valence-electron chi connectivity index (χ0n) is 11.0. The molecule has 0 bridgehead atoms. The molecule has 3 heteroatoms. The van der Waals surface area contributed by atoms with Crippen LogP contribution in [-0.4, -0.2) is 13.2 Å². The van der Waals surface area contributed by atoms with Crippen LogP contribution >= 0.6 is 11.6 Å². The van der Waals surface area contributed by atoms with Crippen LogP contribution in [0, 0.1) is 18.8 Å². The molecule has 0 radical (unpaired) electrons. The van der Waals surface area contributed by atoms with Gasteiger partial charge in [-0.05, 0) is 43.0 Å². The monoisotopic (exact) mass is 265 g/mol. The molecular formula is C15H20ClNO. The molecule has 1 aromatic carbocycles. The maximum absolute atomic E-state index is 5.95. The van der Waals surface area contributed by atoms with E-state index in [1.54, 1.807) is 0 Å². The summed E-state index contributed by atoms with van der Waals surface area (Å²) in [5.41, 5.74) is 3.27. The third kappa shape index (κ3) is 3.06. The summed E-state index contributed by atoms with van der Waals surface area (Å²) in [6.07, 6.45) is 1.13. The summed E-state index contributed by atoms with van der Waals surface area (Å²) >= 11 is 5.95. The quantitative estimate of drug-likeness (QED) is 0.879. The van der Waals surface area contributed by atoms with E-state index in [0.29, 0.717) is 11.8 Å². The number of hydrogen-bond acceptors (Lipinski definition) is 2. The second-order valence-electron chi connectivity index (χ2n) is 5.02. The van der Waals surface area contributed by atoms with E-state index in [1.165, 1.54) is 0 Å². The maximum Gasteiger partial charge on any atom is 0.0501 e. The molecule has 1 aromatic rings. The molecule has 0 saturated carbocycles. The van der Waals surface area contributed by atoms with Gasteiger partial charge < -0.3 is 10.1 Å². The van der Waals surface area contributed by atoms with Gasteiger partial charge in [-0.25, -0.2) is 0 Å². The largest absolute Gasteiger partial charge is 0.381 e. The minimum Gasteiger partial charge on any atom is -0.381 e. The van der Waals surface area contributed by atoms with Crippen LogP contribution in [0.25, 0.3) is 0 Å². The third-order valence-corrected chi connectivity index (χ3v) is 3.94. The van der Waals surface area contributed by atoms with E-state index in [1.807, 2.05) is 25.1 Å². The van der Waals surface area contributed by atoms with Crippen molar-refractivity contribution < 1.29 is 4.74 Å². The highest BCUT2D eigenvalue weighted by molar-refractivity contribution is 6.30. The first kappa shape index (κ1) is 13.4. The van der Waals surface area contributed by atoms with E-state index in [-0.39, 0.29) is 0 Å². The number of benzene rings is 1. The lowest BCUT2D eigenvalue weighted by molar-refractivity contribution is 0.178. The van der Waals surface area contributed by atoms with E-state index in [9.17, 15) is 0 Å². The van der Waals surface area contributed by atoms with E-state index in [0.717, 1.165) is 41.6 Å². The van der Waals surface area contributed by atoms with Crippen molar-refractivity contribution in [3.8, 4) is 0 Å². The van der Waals surface area contributed by atoms with Crippen molar-refractivity contribution in [3.63, 3.8) is 0 Å². The minimum absolute atomic E-state index is 0.419. The molecule has 0 aromatic heterocycles. The fraction of sp³-hybridized carbons (Fsp3) is 0.467. The summed E-state index contributed by atoms with van der Waals surface area (Å²) in [5.74, 6) is 1.00. The Kier molecular flexibility index (Phi) is 4.31. The average molecular weight is 266 g/mol. The molecule has 1 saturated heterocycles. The summed E-state index contributed by atoms with van der Waals surface area (Å²) in [6.45, 7) is 10.1. The van der Waals surface area contributed by atoms with Gasteiger partial charge in [-0.2, -0.15) is 0 Å². The first-order valence-corrected chi connectivity index (χ1v) is 6.75. The maximum atomic E-state index is 5.95. The van der Waals surface area contributed by atoms with Crippen molar-refractivity contribution >= 4 is 17.3 Å². The van der Waals surface area contributed by atoms with Crippen LogP contribution < -0.4 is 5.32 Å². The summed E-state index contributed by atoms with van der Waals surface area (Å²) in [4.78, 5) is 0. The number of allylic oxidation sites excluding steroid dienone is 1. The molecule has 1 heterocycles. The summed E-state index contributed by atoms with van der Waals surface area (Å²) in [6, 6.07) is 5.86. The molecular weight excluding hydrogens is 246 g/mol. The Hall–Kier alpha value is -0.990. The van der Waals surface area contributed by atoms with Gasteiger partial charge in [-0.3, -0.25) is 0 Å². The van der Waals surface area contributed by atoms with Gasteiger partial charge in [-0.15, -0.1) is 0 Å². The van der Waals surface area contributed by atoms with Gasteiger partial charge in [0.25, 0.3) is 0 Å². The van der Waals surface area contributed by atoms with Crippen LogP contribution in [0.2, 0.25) is 5.02 Å². The molecule has 0 amide bonds. The Morgan fingerprint density at radius 3 is 2.94 bits per heavy atom. The predicted molar refractivity (Wildman–Crippen MR) is 77.0 cm³/mol. The fourth-order valence-corrected chi connectivity index (χ4v) is 2.51. The van der Waals surface area contributed by atoms with Crippen LogP contribution in [0.4, 0.5) is 5.69 Å². The molecule has 0 spiro atoms. The van der Waals surface area contributed by atoms with Crippen molar-refractivity contribution in [1.29, 1.82) is 0 Å². The molecule has 1 fully saturated rings. The third-order valence-electron chi connectivity index (χ3n) is 3.71. The first-order chi connectivity index (χ1) is 8.58. The van der Waals surface area contributed by atoms with Crippen molar-refractivity contribution in [1.82, 2.24) is 0 Å². The van der Waals surface area contributed by atoms with Crippen molar-refractivity contribution in [3.05, 3.63) is 41.1 Å². The highest BCUT2D eigenvalue weighted by Crippen LogP contribution is 2.29. The Morgan fingerprint density at radius 2 is 2.33 bits per heavy atom. The molecule has 2 nitrogen and oxygen atoms in total. The van der Waals surface area contributed by atoms with E-state index >= 15 is 0 Å². The molecule has 2 unspecified atom stereocenters. The Balaban J connectivity index is 2.01. The average Bonchev–Trinajstić information content (AvgIpc) is 2.85. The fourth-order valence-electron chi connectivity index (χ4n) is 2.29. The molecule has 1 aliphatic heterocycles. The highest BCUT2D eigenvalue weighted by Gasteiger charge is 2.24. The molecule has 2 rings (SSSR count). The number of anilines is 1. The van der Waals surface area contributed by atoms with Gasteiger partial charge in [0.2, 0.25) is 0 Å². The minimum atomic E-state index is 0.419. The van der Waals surface area contributed by atoms with Gasteiger partial charge in [0.1, 0.15) is 0 Å². The number of hydrogen-bond donors (Lipinski definition) is 1. The van der Waals surface area contributed by atoms with Crippen LogP contribution in [0.15, 0.2) is 30.5 Å². The highest BCUT2D eigenvalue weighted by atomic mass is 35.5. The zero-order valence-corrected chi connectivity index (χ0v) is 11.8. The van der Waals surface area contributed by atoms with Crippen molar-refractivity contribution in [2.45, 2.75) is 20.3 Å². The summed E-state index contributed by atoms with van der Waals surface area (Å²) in [7, 11) is 0. The van der Waals surface area contributed by atoms with E-state index in [2.05, 4.69) is 18.8 Å². The molecule has 1 N–H and O–H groups in total. The van der Waals surface area contributed by atoms with Crippen LogP contribution in [-0.2, 0) is 4.74 Å². The molecule has 98 valence electrons. The smallest absolute Gasteiger partial charge is 0.0501 e. The zero-order chi connectivity index (χ0) is 13.1. The standard InChI is InChI=1S/C15H20ClNO/c1-10-8-14(16)4-5-15(10)17-12(3)11(2)13-6-7-18-9-13/h4-5,8,11,13,17H,3,6-7,9H2,1-2H3. The predicted octanol–water partition coefficient (Wildman–Crippen LogP) is 4.25. The summed E-state index contributed by atoms with van der Waals surface area (Å²) < 4.78 is 5.43. The number of halogens is 1. The van der Waals surface area contributed by atoms with Crippen LogP contribution in [0.5, 0.6) is 0 Å². The molecule has 2 atom stereocenters.